The Labute approximate surface area is 163 Å². The molecule has 0 spiro atoms. The summed E-state index contributed by atoms with van der Waals surface area (Å²) in [5.74, 6) is 3.10. The number of aromatic nitrogens is 2. The van der Waals surface area contributed by atoms with Crippen molar-refractivity contribution < 1.29 is 4.39 Å². The molecular weight excluding hydrogens is 361 g/mol. The topological polar surface area (TPSA) is 35.5 Å². The number of hydrogen-bond donors (Lipinski definition) is 0. The van der Waals surface area contributed by atoms with Gasteiger partial charge in [-0.2, -0.15) is 16.9 Å². The van der Waals surface area contributed by atoms with E-state index >= 15 is 0 Å². The lowest BCUT2D eigenvalue weighted by atomic mass is 10.1. The number of benzene rings is 1. The Morgan fingerprint density at radius 2 is 1.74 bits per heavy atom. The van der Waals surface area contributed by atoms with Gasteiger partial charge in [-0.15, -0.1) is 5.10 Å². The van der Waals surface area contributed by atoms with E-state index < -0.39 is 0 Å². The Morgan fingerprint density at radius 1 is 0.963 bits per heavy atom. The first kappa shape index (κ1) is 17.3. The number of thioether (sulfide) groups is 1. The Balaban J connectivity index is 1.15. The van der Waals surface area contributed by atoms with E-state index in [9.17, 15) is 4.39 Å². The molecule has 0 N–H and O–H groups in total. The van der Waals surface area contributed by atoms with E-state index in [1.807, 2.05) is 23.9 Å². The van der Waals surface area contributed by atoms with Gasteiger partial charge in [0.05, 0.1) is 5.69 Å². The normalized spacial score (nSPS) is 21.1. The fourth-order valence-electron chi connectivity index (χ4n) is 4.16. The summed E-state index contributed by atoms with van der Waals surface area (Å²) in [6, 6.07) is 9.70. The Hall–Kier alpha value is -1.86. The highest BCUT2D eigenvalue weighted by atomic mass is 32.2. The molecule has 2 fully saturated rings. The lowest BCUT2D eigenvalue weighted by molar-refractivity contribution is 0.156. The van der Waals surface area contributed by atoms with Crippen LogP contribution in [-0.2, 0) is 12.2 Å². The van der Waals surface area contributed by atoms with E-state index in [1.165, 1.54) is 11.3 Å². The summed E-state index contributed by atoms with van der Waals surface area (Å²) >= 11 is 1.99. The minimum Gasteiger partial charge on any atom is -0.369 e. The monoisotopic (exact) mass is 385 g/mol. The molecule has 142 valence electrons. The molecule has 3 aliphatic heterocycles. The fourth-order valence-corrected chi connectivity index (χ4v) is 5.11. The molecule has 0 radical (unpaired) electrons. The van der Waals surface area contributed by atoms with Crippen molar-refractivity contribution in [3.8, 4) is 0 Å². The number of halogens is 1. The first-order chi connectivity index (χ1) is 13.3. The van der Waals surface area contributed by atoms with E-state index in [1.54, 1.807) is 12.1 Å². The number of fused-ring (bicyclic) bond motifs is 1. The highest BCUT2D eigenvalue weighted by Gasteiger charge is 2.34. The molecule has 27 heavy (non-hydrogen) atoms. The molecule has 0 unspecified atom stereocenters. The highest BCUT2D eigenvalue weighted by molar-refractivity contribution is 7.98. The van der Waals surface area contributed by atoms with Gasteiger partial charge in [0.2, 0.25) is 0 Å². The zero-order valence-corrected chi connectivity index (χ0v) is 16.2. The van der Waals surface area contributed by atoms with Crippen LogP contribution in [0.2, 0.25) is 0 Å². The molecule has 1 aromatic heterocycles. The van der Waals surface area contributed by atoms with Gasteiger partial charge in [0.1, 0.15) is 5.82 Å². The van der Waals surface area contributed by atoms with E-state index in [-0.39, 0.29) is 5.82 Å². The van der Waals surface area contributed by atoms with Crippen LogP contribution in [0.5, 0.6) is 0 Å². The van der Waals surface area contributed by atoms with Gasteiger partial charge in [0.25, 0.3) is 0 Å². The van der Waals surface area contributed by atoms with Gasteiger partial charge in [-0.25, -0.2) is 4.39 Å². The molecule has 0 saturated carbocycles. The maximum absolute atomic E-state index is 13.1. The third-order valence-electron chi connectivity index (χ3n) is 5.90. The van der Waals surface area contributed by atoms with Crippen LogP contribution in [-0.4, -0.2) is 66.2 Å². The van der Waals surface area contributed by atoms with Crippen LogP contribution in [0.15, 0.2) is 30.3 Å². The van der Waals surface area contributed by atoms with E-state index in [2.05, 4.69) is 31.0 Å². The van der Waals surface area contributed by atoms with Crippen molar-refractivity contribution in [2.45, 2.75) is 18.2 Å². The van der Waals surface area contributed by atoms with Crippen molar-refractivity contribution in [1.82, 2.24) is 15.1 Å². The number of aryl methyl sites for hydroxylation is 1. The third-order valence-corrected chi connectivity index (χ3v) is 6.90. The van der Waals surface area contributed by atoms with Crippen molar-refractivity contribution in [2.24, 2.45) is 0 Å². The summed E-state index contributed by atoms with van der Waals surface area (Å²) < 4.78 is 13.1. The predicted octanol–water partition coefficient (Wildman–Crippen LogP) is 2.42. The molecule has 2 saturated heterocycles. The maximum atomic E-state index is 13.1. The van der Waals surface area contributed by atoms with Crippen molar-refractivity contribution in [2.75, 3.05) is 54.8 Å². The van der Waals surface area contributed by atoms with E-state index in [0.29, 0.717) is 6.04 Å². The molecule has 0 atom stereocenters. The van der Waals surface area contributed by atoms with Gasteiger partial charge in [-0.3, -0.25) is 4.90 Å². The van der Waals surface area contributed by atoms with Crippen LogP contribution in [0.3, 0.4) is 0 Å². The SMILES string of the molecule is Fc1ccc(N2CCN(C3CN(c4cc5c(nn4)CCSC5)C3)CC2)cc1. The summed E-state index contributed by atoms with van der Waals surface area (Å²) in [7, 11) is 0. The first-order valence-corrected chi connectivity index (χ1v) is 10.8. The molecule has 4 heterocycles. The molecule has 1 aromatic carbocycles. The number of anilines is 2. The zero-order chi connectivity index (χ0) is 18.2. The smallest absolute Gasteiger partial charge is 0.151 e. The molecule has 0 amide bonds. The van der Waals surface area contributed by atoms with Crippen molar-refractivity contribution in [3.05, 3.63) is 47.4 Å². The molecular formula is C20H24FN5S. The van der Waals surface area contributed by atoms with Gasteiger partial charge in [0, 0.05) is 63.2 Å². The van der Waals surface area contributed by atoms with Crippen LogP contribution in [0, 0.1) is 5.82 Å². The molecule has 5 rings (SSSR count). The molecule has 5 nitrogen and oxygen atoms in total. The number of nitrogens with zero attached hydrogens (tertiary/aromatic N) is 5. The fraction of sp³-hybridized carbons (Fsp3) is 0.500. The highest BCUT2D eigenvalue weighted by Crippen LogP contribution is 2.28. The van der Waals surface area contributed by atoms with Gasteiger partial charge >= 0.3 is 0 Å². The van der Waals surface area contributed by atoms with Crippen LogP contribution in [0.1, 0.15) is 11.3 Å². The summed E-state index contributed by atoms with van der Waals surface area (Å²) in [6.07, 6.45) is 1.05. The largest absolute Gasteiger partial charge is 0.369 e. The summed E-state index contributed by atoms with van der Waals surface area (Å²) in [5.41, 5.74) is 3.67. The van der Waals surface area contributed by atoms with Crippen LogP contribution in [0.25, 0.3) is 0 Å². The predicted molar refractivity (Wildman–Crippen MR) is 108 cm³/mol. The van der Waals surface area contributed by atoms with E-state index in [4.69, 9.17) is 0 Å². The average molecular weight is 386 g/mol. The van der Waals surface area contributed by atoms with Crippen LogP contribution < -0.4 is 9.80 Å². The van der Waals surface area contributed by atoms with Gasteiger partial charge in [-0.05, 0) is 41.6 Å². The number of hydrogen-bond acceptors (Lipinski definition) is 6. The zero-order valence-electron chi connectivity index (χ0n) is 15.4. The van der Waals surface area contributed by atoms with Gasteiger partial charge in [0.15, 0.2) is 5.82 Å². The van der Waals surface area contributed by atoms with E-state index in [0.717, 1.165) is 68.7 Å². The van der Waals surface area contributed by atoms with Crippen LogP contribution in [0.4, 0.5) is 15.9 Å². The average Bonchev–Trinajstić information content (AvgIpc) is 2.68. The standard InChI is InChI=1S/C20H24FN5S/c21-16-1-3-17(4-2-16)24-6-8-25(9-7-24)18-12-26(13-18)20-11-15-14-27-10-5-19(15)22-23-20/h1-4,11,18H,5-10,12-14H2. The lowest BCUT2D eigenvalue weighted by Crippen LogP contribution is -2.63. The second-order valence-corrected chi connectivity index (χ2v) is 8.64. The van der Waals surface area contributed by atoms with Gasteiger partial charge in [-0.1, -0.05) is 0 Å². The van der Waals surface area contributed by atoms with Crippen molar-refractivity contribution in [1.29, 1.82) is 0 Å². The molecule has 3 aliphatic rings. The molecule has 0 bridgehead atoms. The first-order valence-electron chi connectivity index (χ1n) is 9.69. The Morgan fingerprint density at radius 3 is 2.52 bits per heavy atom. The minimum atomic E-state index is -0.171. The molecule has 7 heteroatoms. The quantitative estimate of drug-likeness (QED) is 0.808. The number of piperazine rings is 1. The second-order valence-electron chi connectivity index (χ2n) is 7.54. The number of rotatable bonds is 3. The van der Waals surface area contributed by atoms with Crippen LogP contribution >= 0.6 is 11.8 Å². The minimum absolute atomic E-state index is 0.171. The summed E-state index contributed by atoms with van der Waals surface area (Å²) in [5, 5.41) is 8.92. The third kappa shape index (κ3) is 3.50. The molecule has 0 aliphatic carbocycles. The second kappa shape index (κ2) is 7.28. The van der Waals surface area contributed by atoms with Crippen molar-refractivity contribution in [3.63, 3.8) is 0 Å². The Kier molecular flexibility index (Phi) is 4.65. The van der Waals surface area contributed by atoms with Crippen molar-refractivity contribution >= 4 is 23.3 Å². The summed E-state index contributed by atoms with van der Waals surface area (Å²) in [4.78, 5) is 7.28. The Bertz CT molecular complexity index is 801. The molecule has 2 aromatic rings. The summed E-state index contributed by atoms with van der Waals surface area (Å²) in [6.45, 7) is 6.19. The van der Waals surface area contributed by atoms with Gasteiger partial charge < -0.3 is 9.80 Å². The maximum Gasteiger partial charge on any atom is 0.151 e. The lowest BCUT2D eigenvalue weighted by Gasteiger charge is -2.48.